The van der Waals surface area contributed by atoms with Gasteiger partial charge in [0.05, 0.1) is 0 Å². The van der Waals surface area contributed by atoms with Crippen LogP contribution in [0.25, 0.3) is 11.3 Å². The molecule has 0 saturated heterocycles. The van der Waals surface area contributed by atoms with Gasteiger partial charge >= 0.3 is 0 Å². The third-order valence-electron chi connectivity index (χ3n) is 2.01. The fourth-order valence-electron chi connectivity index (χ4n) is 1.31. The lowest BCUT2D eigenvalue weighted by atomic mass is 10.1. The summed E-state index contributed by atoms with van der Waals surface area (Å²) in [5, 5.41) is 0. The molecule has 1 aromatic heterocycles. The Morgan fingerprint density at radius 3 is 2.67 bits per heavy atom. The first-order valence-electron chi connectivity index (χ1n) is 4.21. The van der Waals surface area contributed by atoms with Gasteiger partial charge in [-0.3, -0.25) is 4.21 Å². The van der Waals surface area contributed by atoms with Crippen molar-refractivity contribution in [1.82, 2.24) is 4.98 Å². The van der Waals surface area contributed by atoms with Gasteiger partial charge in [0.2, 0.25) is 0 Å². The van der Waals surface area contributed by atoms with Gasteiger partial charge in [0, 0.05) is 22.3 Å². The maximum absolute atomic E-state index is 13.3. The second-order valence-electron chi connectivity index (χ2n) is 2.96. The molecule has 0 aliphatic rings. The summed E-state index contributed by atoms with van der Waals surface area (Å²) in [4.78, 5) is 2.83. The number of hydrogen-bond acceptors (Lipinski definition) is 2. The fraction of sp³-hybridized carbons (Fsp3) is 0. The summed E-state index contributed by atoms with van der Waals surface area (Å²) in [5.41, 5.74) is 0.807. The summed E-state index contributed by atoms with van der Waals surface area (Å²) in [5.74, 6) is -0.386. The molecule has 15 heavy (non-hydrogen) atoms. The van der Waals surface area contributed by atoms with Crippen molar-refractivity contribution in [3.8, 4) is 11.3 Å². The first-order chi connectivity index (χ1) is 7.18. The highest BCUT2D eigenvalue weighted by Crippen LogP contribution is 2.22. The van der Waals surface area contributed by atoms with Crippen molar-refractivity contribution in [2.45, 2.75) is 4.90 Å². The Morgan fingerprint density at radius 1 is 1.33 bits per heavy atom. The third-order valence-corrected chi connectivity index (χ3v) is 2.63. The number of halogens is 1. The molecule has 0 radical (unpaired) electrons. The highest BCUT2D eigenvalue weighted by atomic mass is 32.2. The van der Waals surface area contributed by atoms with Crippen molar-refractivity contribution >= 4 is 11.1 Å². The minimum absolute atomic E-state index is 0.119. The van der Waals surface area contributed by atoms with Crippen LogP contribution in [0.5, 0.6) is 0 Å². The maximum Gasteiger partial charge on any atom is 0.132 e. The van der Waals surface area contributed by atoms with Crippen LogP contribution in [0.15, 0.2) is 41.4 Å². The molecule has 1 aromatic carbocycles. The molecular weight excluding hydrogens is 217 g/mol. The van der Waals surface area contributed by atoms with Crippen molar-refractivity contribution in [2.24, 2.45) is 0 Å². The lowest BCUT2D eigenvalue weighted by molar-refractivity contribution is 0.537. The standard InChI is InChI=1S/C10H8FNO2S/c11-9-4-2-1-3-8(9)10-5-7(6-12-10)15(13)14/h1-6,12H,(H,13,14)/p-1. The summed E-state index contributed by atoms with van der Waals surface area (Å²) < 4.78 is 34.5. The van der Waals surface area contributed by atoms with Crippen LogP contribution in [0, 0.1) is 5.82 Å². The van der Waals surface area contributed by atoms with Gasteiger partial charge < -0.3 is 9.54 Å². The van der Waals surface area contributed by atoms with Gasteiger partial charge in [-0.2, -0.15) is 0 Å². The van der Waals surface area contributed by atoms with E-state index in [0.29, 0.717) is 11.3 Å². The second-order valence-corrected chi connectivity index (χ2v) is 3.90. The van der Waals surface area contributed by atoms with E-state index < -0.39 is 11.1 Å². The first-order valence-corrected chi connectivity index (χ1v) is 5.28. The molecule has 0 aliphatic heterocycles. The van der Waals surface area contributed by atoms with E-state index in [-0.39, 0.29) is 10.7 Å². The Labute approximate surface area is 88.2 Å². The summed E-state index contributed by atoms with van der Waals surface area (Å²) in [6.07, 6.45) is 1.32. The normalized spacial score (nSPS) is 12.7. The smallest absolute Gasteiger partial charge is 0.132 e. The zero-order chi connectivity index (χ0) is 10.8. The molecule has 0 saturated carbocycles. The molecular formula is C10H7FNO2S-. The SMILES string of the molecule is O=S([O-])c1c[nH]c(-c2ccccc2F)c1. The highest BCUT2D eigenvalue weighted by Gasteiger charge is 2.06. The zero-order valence-corrected chi connectivity index (χ0v) is 8.38. The molecule has 1 unspecified atom stereocenters. The van der Waals surface area contributed by atoms with Gasteiger partial charge in [0.25, 0.3) is 0 Å². The molecule has 3 nitrogen and oxygen atoms in total. The Bertz CT molecular complexity index is 510. The van der Waals surface area contributed by atoms with Crippen LogP contribution in [0.2, 0.25) is 0 Å². The van der Waals surface area contributed by atoms with Gasteiger partial charge in [-0.25, -0.2) is 4.39 Å². The predicted molar refractivity (Wildman–Crippen MR) is 53.4 cm³/mol. The van der Waals surface area contributed by atoms with Crippen molar-refractivity contribution in [3.05, 3.63) is 42.3 Å². The maximum atomic E-state index is 13.3. The Balaban J connectivity index is 2.46. The van der Waals surface area contributed by atoms with Crippen molar-refractivity contribution in [3.63, 3.8) is 0 Å². The molecule has 2 rings (SSSR count). The Hall–Kier alpha value is -1.46. The lowest BCUT2D eigenvalue weighted by Gasteiger charge is -2.00. The number of H-pyrrole nitrogens is 1. The second kappa shape index (κ2) is 3.96. The van der Waals surface area contributed by atoms with E-state index in [1.807, 2.05) is 0 Å². The quantitative estimate of drug-likeness (QED) is 0.794. The van der Waals surface area contributed by atoms with E-state index in [2.05, 4.69) is 4.98 Å². The first kappa shape index (κ1) is 10.1. The van der Waals surface area contributed by atoms with E-state index >= 15 is 0 Å². The predicted octanol–water partition coefficient (Wildman–Crippen LogP) is 2.06. The van der Waals surface area contributed by atoms with Gasteiger partial charge in [0.15, 0.2) is 0 Å². The Kier molecular flexibility index (Phi) is 2.66. The zero-order valence-electron chi connectivity index (χ0n) is 7.57. The summed E-state index contributed by atoms with van der Waals surface area (Å²) in [6.45, 7) is 0. The number of aromatic nitrogens is 1. The van der Waals surface area contributed by atoms with E-state index in [1.165, 1.54) is 18.3 Å². The molecule has 5 heteroatoms. The summed E-state index contributed by atoms with van der Waals surface area (Å²) in [6, 6.07) is 7.56. The van der Waals surface area contributed by atoms with Crippen LogP contribution >= 0.6 is 0 Å². The monoisotopic (exact) mass is 224 g/mol. The van der Waals surface area contributed by atoms with Gasteiger partial charge in [0.1, 0.15) is 5.82 Å². The topological polar surface area (TPSA) is 55.9 Å². The average molecular weight is 224 g/mol. The molecule has 1 N–H and O–H groups in total. The molecule has 0 aliphatic carbocycles. The molecule has 1 heterocycles. The van der Waals surface area contributed by atoms with Crippen LogP contribution in [-0.4, -0.2) is 13.7 Å². The van der Waals surface area contributed by atoms with E-state index in [4.69, 9.17) is 0 Å². The van der Waals surface area contributed by atoms with Crippen LogP contribution in [0.1, 0.15) is 0 Å². The molecule has 0 fully saturated rings. The number of benzene rings is 1. The van der Waals surface area contributed by atoms with Gasteiger partial charge in [-0.15, -0.1) is 0 Å². The number of rotatable bonds is 2. The van der Waals surface area contributed by atoms with Crippen LogP contribution in [0.3, 0.4) is 0 Å². The molecule has 0 bridgehead atoms. The minimum Gasteiger partial charge on any atom is -0.768 e. The molecule has 78 valence electrons. The summed E-state index contributed by atoms with van der Waals surface area (Å²) >= 11 is -2.29. The lowest BCUT2D eigenvalue weighted by Crippen LogP contribution is -1.84. The largest absolute Gasteiger partial charge is 0.768 e. The van der Waals surface area contributed by atoms with Crippen molar-refractivity contribution < 1.29 is 13.2 Å². The highest BCUT2D eigenvalue weighted by molar-refractivity contribution is 7.79. The summed E-state index contributed by atoms with van der Waals surface area (Å²) in [7, 11) is 0. The van der Waals surface area contributed by atoms with Gasteiger partial charge in [-0.05, 0) is 29.3 Å². The molecule has 0 amide bonds. The molecule has 2 aromatic rings. The van der Waals surface area contributed by atoms with Crippen molar-refractivity contribution in [1.29, 1.82) is 0 Å². The number of hydrogen-bond donors (Lipinski definition) is 1. The van der Waals surface area contributed by atoms with Crippen molar-refractivity contribution in [2.75, 3.05) is 0 Å². The molecule has 0 spiro atoms. The van der Waals surface area contributed by atoms with Crippen LogP contribution in [0.4, 0.5) is 4.39 Å². The van der Waals surface area contributed by atoms with Gasteiger partial charge in [-0.1, -0.05) is 12.1 Å². The average Bonchev–Trinajstić information content (AvgIpc) is 2.67. The number of aromatic amines is 1. The molecule has 1 atom stereocenters. The third kappa shape index (κ3) is 1.98. The van der Waals surface area contributed by atoms with E-state index in [1.54, 1.807) is 18.2 Å². The van der Waals surface area contributed by atoms with Crippen LogP contribution in [-0.2, 0) is 11.1 Å². The van der Waals surface area contributed by atoms with E-state index in [0.717, 1.165) is 0 Å². The van der Waals surface area contributed by atoms with E-state index in [9.17, 15) is 13.2 Å². The van der Waals surface area contributed by atoms with Crippen LogP contribution < -0.4 is 0 Å². The minimum atomic E-state index is -2.29. The fourth-order valence-corrected chi connectivity index (χ4v) is 1.68. The Morgan fingerprint density at radius 2 is 2.07 bits per heavy atom. The number of nitrogens with one attached hydrogen (secondary N) is 1.